The Balaban J connectivity index is 1.46. The smallest absolute Gasteiger partial charge is 0.267 e. The van der Waals surface area contributed by atoms with Gasteiger partial charge in [-0.05, 0) is 57.4 Å². The quantitative estimate of drug-likeness (QED) is 0.711. The third kappa shape index (κ3) is 3.88. The highest BCUT2D eigenvalue weighted by Gasteiger charge is 2.18. The zero-order valence-corrected chi connectivity index (χ0v) is 16.3. The third-order valence-electron chi connectivity index (χ3n) is 4.64. The number of aryl methyl sites for hydroxylation is 2. The average Bonchev–Trinajstić information content (AvgIpc) is 3.29. The maximum Gasteiger partial charge on any atom is 0.267 e. The fraction of sp³-hybridized carbons (Fsp3) is 0.350. The molecule has 4 heterocycles. The van der Waals surface area contributed by atoms with Crippen molar-refractivity contribution < 1.29 is 9.21 Å². The summed E-state index contributed by atoms with van der Waals surface area (Å²) in [7, 11) is 0. The molecule has 3 aromatic heterocycles. The summed E-state index contributed by atoms with van der Waals surface area (Å²) in [6, 6.07) is 7.64. The zero-order chi connectivity index (χ0) is 18.8. The third-order valence-corrected chi connectivity index (χ3v) is 5.81. The van der Waals surface area contributed by atoms with Crippen LogP contribution in [0.25, 0.3) is 10.8 Å². The molecule has 0 aromatic carbocycles. The monoisotopic (exact) mass is 382 g/mol. The Labute approximate surface area is 162 Å². The van der Waals surface area contributed by atoms with Crippen LogP contribution in [0.3, 0.4) is 0 Å². The summed E-state index contributed by atoms with van der Waals surface area (Å²) in [5.41, 5.74) is 1.38. The van der Waals surface area contributed by atoms with E-state index in [-0.39, 0.29) is 5.91 Å². The molecule has 1 aliphatic rings. The van der Waals surface area contributed by atoms with Gasteiger partial charge in [-0.15, -0.1) is 11.3 Å². The molecule has 1 amide bonds. The first-order valence-electron chi connectivity index (χ1n) is 9.17. The Morgan fingerprint density at radius 1 is 1.15 bits per heavy atom. The summed E-state index contributed by atoms with van der Waals surface area (Å²) in [5.74, 6) is 2.31. The number of piperidine rings is 1. The van der Waals surface area contributed by atoms with E-state index >= 15 is 0 Å². The molecular weight excluding hydrogens is 360 g/mol. The van der Waals surface area contributed by atoms with Gasteiger partial charge in [0.2, 0.25) is 0 Å². The first-order chi connectivity index (χ1) is 13.1. The molecule has 1 aliphatic heterocycles. The molecule has 0 atom stereocenters. The maximum absolute atomic E-state index is 12.7. The fourth-order valence-corrected chi connectivity index (χ4v) is 4.14. The second-order valence-electron chi connectivity index (χ2n) is 6.75. The Morgan fingerprint density at radius 3 is 2.63 bits per heavy atom. The largest absolute Gasteiger partial charge is 0.459 e. The van der Waals surface area contributed by atoms with Gasteiger partial charge in [-0.3, -0.25) is 4.79 Å². The Morgan fingerprint density at radius 2 is 1.96 bits per heavy atom. The number of nitrogens with one attached hydrogen (secondary N) is 1. The summed E-state index contributed by atoms with van der Waals surface area (Å²) in [5, 5.41) is 3.63. The van der Waals surface area contributed by atoms with Gasteiger partial charge in [0.1, 0.15) is 16.5 Å². The minimum atomic E-state index is -0.174. The summed E-state index contributed by atoms with van der Waals surface area (Å²) >= 11 is 1.33. The number of pyridine rings is 1. The normalized spacial score (nSPS) is 14.4. The van der Waals surface area contributed by atoms with E-state index in [0.717, 1.165) is 24.7 Å². The number of carbonyl (C=O) groups excluding carboxylic acids is 1. The molecule has 0 saturated carbocycles. The number of hydrogen-bond donors (Lipinski definition) is 1. The second kappa shape index (κ2) is 7.52. The number of rotatable bonds is 4. The van der Waals surface area contributed by atoms with Gasteiger partial charge in [0.25, 0.3) is 5.91 Å². The number of furan rings is 1. The Hall–Kier alpha value is -2.67. The highest BCUT2D eigenvalue weighted by Crippen LogP contribution is 2.30. The molecule has 7 heteroatoms. The van der Waals surface area contributed by atoms with Crippen molar-refractivity contribution in [3.05, 3.63) is 46.8 Å². The topological polar surface area (TPSA) is 71.3 Å². The number of hydrogen-bond acceptors (Lipinski definition) is 6. The van der Waals surface area contributed by atoms with Crippen LogP contribution in [0.4, 0.5) is 11.5 Å². The molecule has 1 saturated heterocycles. The second-order valence-corrected chi connectivity index (χ2v) is 7.75. The van der Waals surface area contributed by atoms with E-state index in [2.05, 4.69) is 20.2 Å². The van der Waals surface area contributed by atoms with Gasteiger partial charge in [0, 0.05) is 13.1 Å². The molecule has 27 heavy (non-hydrogen) atoms. The molecule has 0 bridgehead atoms. The predicted octanol–water partition coefficient (Wildman–Crippen LogP) is 4.66. The van der Waals surface area contributed by atoms with Crippen LogP contribution in [0, 0.1) is 13.8 Å². The lowest BCUT2D eigenvalue weighted by Crippen LogP contribution is -2.30. The molecule has 4 rings (SSSR count). The molecule has 1 fully saturated rings. The minimum Gasteiger partial charge on any atom is -0.459 e. The van der Waals surface area contributed by atoms with Crippen LogP contribution in [0.1, 0.15) is 40.4 Å². The van der Waals surface area contributed by atoms with Crippen LogP contribution in [-0.2, 0) is 0 Å². The van der Waals surface area contributed by atoms with E-state index in [0.29, 0.717) is 27.0 Å². The van der Waals surface area contributed by atoms with Crippen LogP contribution >= 0.6 is 11.3 Å². The van der Waals surface area contributed by atoms with Crippen molar-refractivity contribution in [3.63, 3.8) is 0 Å². The van der Waals surface area contributed by atoms with Crippen molar-refractivity contribution in [3.8, 4) is 10.8 Å². The lowest BCUT2D eigenvalue weighted by Gasteiger charge is -2.27. The number of anilines is 2. The molecule has 0 unspecified atom stereocenters. The first kappa shape index (κ1) is 17.7. The van der Waals surface area contributed by atoms with Crippen LogP contribution in [0.15, 0.2) is 34.9 Å². The summed E-state index contributed by atoms with van der Waals surface area (Å²) in [4.78, 5) is 24.5. The van der Waals surface area contributed by atoms with Crippen LogP contribution < -0.4 is 10.2 Å². The predicted molar refractivity (Wildman–Crippen MR) is 108 cm³/mol. The Kier molecular flexibility index (Phi) is 4.94. The van der Waals surface area contributed by atoms with E-state index in [1.807, 2.05) is 38.1 Å². The van der Waals surface area contributed by atoms with Gasteiger partial charge in [0.15, 0.2) is 10.8 Å². The van der Waals surface area contributed by atoms with Crippen LogP contribution in [0.5, 0.6) is 0 Å². The van der Waals surface area contributed by atoms with Gasteiger partial charge in [0.05, 0.1) is 17.6 Å². The number of amides is 1. The molecule has 3 aromatic rings. The molecule has 140 valence electrons. The van der Waals surface area contributed by atoms with E-state index in [9.17, 15) is 4.79 Å². The summed E-state index contributed by atoms with van der Waals surface area (Å²) < 4.78 is 5.61. The van der Waals surface area contributed by atoms with Gasteiger partial charge in [-0.2, -0.15) is 0 Å². The van der Waals surface area contributed by atoms with Crippen LogP contribution in [-0.4, -0.2) is 29.0 Å². The first-order valence-corrected chi connectivity index (χ1v) is 9.98. The summed E-state index contributed by atoms with van der Waals surface area (Å²) in [6.45, 7) is 5.82. The minimum absolute atomic E-state index is 0.174. The van der Waals surface area contributed by atoms with E-state index in [1.165, 1.54) is 30.6 Å². The maximum atomic E-state index is 12.7. The van der Waals surface area contributed by atoms with Crippen molar-refractivity contribution in [2.45, 2.75) is 33.1 Å². The van der Waals surface area contributed by atoms with Gasteiger partial charge in [-0.1, -0.05) is 0 Å². The SMILES string of the molecule is Cc1ccc(-c2nc(C)c(C(=O)Nc3ccc(N4CCCCC4)nc3)s2)o1. The van der Waals surface area contributed by atoms with E-state index < -0.39 is 0 Å². The number of thiazole rings is 1. The number of nitrogens with zero attached hydrogens (tertiary/aromatic N) is 3. The molecule has 1 N–H and O–H groups in total. The molecular formula is C20H22N4O2S. The molecule has 0 spiro atoms. The van der Waals surface area contributed by atoms with E-state index in [1.54, 1.807) is 6.20 Å². The van der Waals surface area contributed by atoms with Crippen molar-refractivity contribution in [1.82, 2.24) is 9.97 Å². The van der Waals surface area contributed by atoms with Crippen molar-refractivity contribution >= 4 is 28.7 Å². The lowest BCUT2D eigenvalue weighted by molar-refractivity contribution is 0.103. The van der Waals surface area contributed by atoms with Crippen LogP contribution in [0.2, 0.25) is 0 Å². The molecule has 0 aliphatic carbocycles. The fourth-order valence-electron chi connectivity index (χ4n) is 3.22. The van der Waals surface area contributed by atoms with Gasteiger partial charge < -0.3 is 14.6 Å². The standard InChI is InChI=1S/C20H22N4O2S/c1-13-6-8-16(26-13)20-22-14(2)18(27-20)19(25)23-15-7-9-17(21-12-15)24-10-4-3-5-11-24/h6-9,12H,3-5,10-11H2,1-2H3,(H,23,25). The average molecular weight is 382 g/mol. The van der Waals surface area contributed by atoms with Crippen molar-refractivity contribution in [2.75, 3.05) is 23.3 Å². The van der Waals surface area contributed by atoms with Gasteiger partial charge >= 0.3 is 0 Å². The van der Waals surface area contributed by atoms with Gasteiger partial charge in [-0.25, -0.2) is 9.97 Å². The van der Waals surface area contributed by atoms with E-state index in [4.69, 9.17) is 4.42 Å². The highest BCUT2D eigenvalue weighted by atomic mass is 32.1. The van der Waals surface area contributed by atoms with Crippen molar-refractivity contribution in [2.24, 2.45) is 0 Å². The Bertz CT molecular complexity index is 939. The molecule has 0 radical (unpaired) electrons. The summed E-state index contributed by atoms with van der Waals surface area (Å²) in [6.07, 6.45) is 5.43. The number of aromatic nitrogens is 2. The molecule has 6 nitrogen and oxygen atoms in total. The van der Waals surface area contributed by atoms with Crippen molar-refractivity contribution in [1.29, 1.82) is 0 Å². The highest BCUT2D eigenvalue weighted by molar-refractivity contribution is 7.17. The number of carbonyl (C=O) groups is 1. The zero-order valence-electron chi connectivity index (χ0n) is 15.5. The lowest BCUT2D eigenvalue weighted by atomic mass is 10.1.